The molecule has 2 N–H and O–H groups in total. The lowest BCUT2D eigenvalue weighted by atomic mass is 10.1. The Kier molecular flexibility index (Phi) is 4.74. The van der Waals surface area contributed by atoms with Gasteiger partial charge in [-0.1, -0.05) is 12.1 Å². The van der Waals surface area contributed by atoms with Crippen molar-refractivity contribution in [3.05, 3.63) is 35.4 Å². The molecule has 1 heterocycles. The quantitative estimate of drug-likeness (QED) is 0.812. The normalized spacial score (nSPS) is 19.1. The molecule has 0 aliphatic carbocycles. The fourth-order valence-electron chi connectivity index (χ4n) is 2.00. The molecule has 0 amide bonds. The molecule has 0 saturated carbocycles. The maximum Gasteiger partial charge on any atom is 0.335 e. The number of aromatic carboxylic acids is 1. The summed E-state index contributed by atoms with van der Waals surface area (Å²) in [7, 11) is -3.41. The molecule has 20 heavy (non-hydrogen) atoms. The van der Waals surface area contributed by atoms with Gasteiger partial charge in [-0.15, -0.1) is 0 Å². The van der Waals surface area contributed by atoms with Gasteiger partial charge in [0.25, 0.3) is 0 Å². The average molecular weight is 299 g/mol. The second-order valence-electron chi connectivity index (χ2n) is 4.84. The number of carboxylic acids is 1. The molecule has 1 aliphatic heterocycles. The van der Waals surface area contributed by atoms with E-state index in [4.69, 9.17) is 9.84 Å². The van der Waals surface area contributed by atoms with E-state index < -0.39 is 16.0 Å². The van der Waals surface area contributed by atoms with Crippen LogP contribution < -0.4 is 4.72 Å². The van der Waals surface area contributed by atoms with Crippen LogP contribution in [0.1, 0.15) is 22.3 Å². The summed E-state index contributed by atoms with van der Waals surface area (Å²) in [5.74, 6) is -0.946. The number of rotatable bonds is 6. The molecule has 110 valence electrons. The van der Waals surface area contributed by atoms with Crippen molar-refractivity contribution in [2.45, 2.75) is 12.2 Å². The molecule has 1 aromatic carbocycles. The number of carbonyl (C=O) groups is 1. The molecule has 0 bridgehead atoms. The Morgan fingerprint density at radius 2 is 2.05 bits per heavy atom. The highest BCUT2D eigenvalue weighted by Gasteiger charge is 2.19. The van der Waals surface area contributed by atoms with Gasteiger partial charge >= 0.3 is 5.97 Å². The van der Waals surface area contributed by atoms with Gasteiger partial charge in [-0.2, -0.15) is 0 Å². The van der Waals surface area contributed by atoms with Gasteiger partial charge in [0, 0.05) is 13.2 Å². The lowest BCUT2D eigenvalue weighted by Gasteiger charge is -2.10. The number of hydrogen-bond donors (Lipinski definition) is 2. The van der Waals surface area contributed by atoms with Crippen molar-refractivity contribution in [3.8, 4) is 0 Å². The minimum atomic E-state index is -3.41. The molecule has 1 unspecified atom stereocenters. The first-order chi connectivity index (χ1) is 9.46. The van der Waals surface area contributed by atoms with Gasteiger partial charge in [0.05, 0.1) is 17.9 Å². The third-order valence-corrected chi connectivity index (χ3v) is 4.49. The highest BCUT2D eigenvalue weighted by atomic mass is 32.2. The first-order valence-corrected chi connectivity index (χ1v) is 7.99. The maximum absolute atomic E-state index is 11.9. The molecule has 1 fully saturated rings. The van der Waals surface area contributed by atoms with E-state index in [-0.39, 0.29) is 17.2 Å². The fraction of sp³-hybridized carbons (Fsp3) is 0.462. The monoisotopic (exact) mass is 299 g/mol. The van der Waals surface area contributed by atoms with Crippen molar-refractivity contribution >= 4 is 16.0 Å². The number of hydrogen-bond acceptors (Lipinski definition) is 4. The molecule has 1 aromatic rings. The van der Waals surface area contributed by atoms with Crippen LogP contribution in [0.5, 0.6) is 0 Å². The van der Waals surface area contributed by atoms with Gasteiger partial charge in [-0.05, 0) is 30.0 Å². The summed E-state index contributed by atoms with van der Waals surface area (Å²) < 4.78 is 31.6. The Morgan fingerprint density at radius 3 is 2.60 bits per heavy atom. The van der Waals surface area contributed by atoms with Crippen molar-refractivity contribution in [3.63, 3.8) is 0 Å². The minimum absolute atomic E-state index is 0.141. The molecule has 1 saturated heterocycles. The smallest absolute Gasteiger partial charge is 0.335 e. The zero-order valence-corrected chi connectivity index (χ0v) is 11.7. The minimum Gasteiger partial charge on any atom is -0.478 e. The topological polar surface area (TPSA) is 92.7 Å². The standard InChI is InChI=1S/C13H17NO5S/c15-13(16)12-3-1-10(2-4-12)9-20(17,18)14-7-11-5-6-19-8-11/h1-4,11,14H,5-9H2,(H,15,16). The molecular weight excluding hydrogens is 282 g/mol. The van der Waals surface area contributed by atoms with Gasteiger partial charge in [0.15, 0.2) is 0 Å². The van der Waals surface area contributed by atoms with Crippen molar-refractivity contribution in [1.29, 1.82) is 0 Å². The van der Waals surface area contributed by atoms with E-state index in [1.54, 1.807) is 0 Å². The second kappa shape index (κ2) is 6.34. The van der Waals surface area contributed by atoms with Gasteiger partial charge < -0.3 is 9.84 Å². The van der Waals surface area contributed by atoms with E-state index in [0.29, 0.717) is 25.3 Å². The first-order valence-electron chi connectivity index (χ1n) is 6.33. The van der Waals surface area contributed by atoms with Crippen LogP contribution in [0.2, 0.25) is 0 Å². The summed E-state index contributed by atoms with van der Waals surface area (Å²) in [6.07, 6.45) is 0.871. The summed E-state index contributed by atoms with van der Waals surface area (Å²) >= 11 is 0. The number of ether oxygens (including phenoxy) is 1. The van der Waals surface area contributed by atoms with Crippen molar-refractivity contribution < 1.29 is 23.1 Å². The molecule has 1 atom stereocenters. The third-order valence-electron chi connectivity index (χ3n) is 3.17. The summed E-state index contributed by atoms with van der Waals surface area (Å²) in [6, 6.07) is 5.83. The zero-order valence-electron chi connectivity index (χ0n) is 10.9. The highest BCUT2D eigenvalue weighted by molar-refractivity contribution is 7.88. The molecular formula is C13H17NO5S. The van der Waals surface area contributed by atoms with Crippen LogP contribution in [0.4, 0.5) is 0 Å². The number of nitrogens with one attached hydrogen (secondary N) is 1. The van der Waals surface area contributed by atoms with Crippen LogP contribution in [-0.4, -0.2) is 39.3 Å². The van der Waals surface area contributed by atoms with E-state index >= 15 is 0 Å². The van der Waals surface area contributed by atoms with Gasteiger partial charge in [-0.3, -0.25) is 0 Å². The largest absolute Gasteiger partial charge is 0.478 e. The molecule has 7 heteroatoms. The fourth-order valence-corrected chi connectivity index (χ4v) is 3.23. The highest BCUT2D eigenvalue weighted by Crippen LogP contribution is 2.12. The number of sulfonamides is 1. The first kappa shape index (κ1) is 15.0. The number of benzene rings is 1. The van der Waals surface area contributed by atoms with Crippen LogP contribution in [0.3, 0.4) is 0 Å². The van der Waals surface area contributed by atoms with Crippen molar-refractivity contribution in [2.24, 2.45) is 5.92 Å². The van der Waals surface area contributed by atoms with Gasteiger partial charge in [0.1, 0.15) is 0 Å². The second-order valence-corrected chi connectivity index (χ2v) is 6.65. The summed E-state index contributed by atoms with van der Waals surface area (Å²) in [6.45, 7) is 1.66. The van der Waals surface area contributed by atoms with E-state index in [1.165, 1.54) is 24.3 Å². The molecule has 0 aromatic heterocycles. The summed E-state index contributed by atoms with van der Waals surface area (Å²) in [4.78, 5) is 10.7. The number of carboxylic acid groups (broad SMARTS) is 1. The average Bonchev–Trinajstić information content (AvgIpc) is 2.90. The van der Waals surface area contributed by atoms with Crippen molar-refractivity contribution in [2.75, 3.05) is 19.8 Å². The molecule has 2 rings (SSSR count). The lowest BCUT2D eigenvalue weighted by Crippen LogP contribution is -2.30. The Morgan fingerprint density at radius 1 is 1.35 bits per heavy atom. The van der Waals surface area contributed by atoms with E-state index in [1.807, 2.05) is 0 Å². The van der Waals surface area contributed by atoms with Crippen LogP contribution in [-0.2, 0) is 20.5 Å². The predicted octanol–water partition coefficient (Wildman–Crippen LogP) is 0.841. The summed E-state index contributed by atoms with van der Waals surface area (Å²) in [5, 5.41) is 8.77. The zero-order chi connectivity index (χ0) is 14.6. The third kappa shape index (κ3) is 4.29. The van der Waals surface area contributed by atoms with Crippen molar-refractivity contribution in [1.82, 2.24) is 4.72 Å². The van der Waals surface area contributed by atoms with Crippen LogP contribution in [0, 0.1) is 5.92 Å². The van der Waals surface area contributed by atoms with Crippen LogP contribution >= 0.6 is 0 Å². The van der Waals surface area contributed by atoms with Gasteiger partial charge in [0.2, 0.25) is 10.0 Å². The summed E-state index contributed by atoms with van der Waals surface area (Å²) in [5.41, 5.74) is 0.701. The van der Waals surface area contributed by atoms with Crippen LogP contribution in [0.15, 0.2) is 24.3 Å². The molecule has 1 aliphatic rings. The Balaban J connectivity index is 1.91. The maximum atomic E-state index is 11.9. The Bertz CT molecular complexity index is 561. The van der Waals surface area contributed by atoms with E-state index in [0.717, 1.165) is 6.42 Å². The Hall–Kier alpha value is -1.44. The van der Waals surface area contributed by atoms with Crippen LogP contribution in [0.25, 0.3) is 0 Å². The van der Waals surface area contributed by atoms with Gasteiger partial charge in [-0.25, -0.2) is 17.9 Å². The SMILES string of the molecule is O=C(O)c1ccc(CS(=O)(=O)NCC2CCOC2)cc1. The predicted molar refractivity (Wildman–Crippen MR) is 73.0 cm³/mol. The molecule has 0 spiro atoms. The van der Waals surface area contributed by atoms with E-state index in [9.17, 15) is 13.2 Å². The Labute approximate surface area is 117 Å². The molecule has 6 nitrogen and oxygen atoms in total. The molecule has 0 radical (unpaired) electrons. The van der Waals surface area contributed by atoms with E-state index in [2.05, 4.69) is 4.72 Å². The lowest BCUT2D eigenvalue weighted by molar-refractivity contribution is 0.0697.